The Morgan fingerprint density at radius 2 is 2.07 bits per heavy atom. The van der Waals surface area contributed by atoms with Gasteiger partial charge < -0.3 is 15.5 Å². The predicted octanol–water partition coefficient (Wildman–Crippen LogP) is 4.31. The summed E-state index contributed by atoms with van der Waals surface area (Å²) >= 11 is 8.62. The molecule has 0 fully saturated rings. The summed E-state index contributed by atoms with van der Waals surface area (Å²) in [4.78, 5) is 12.0. The molecule has 0 amide bonds. The highest BCUT2D eigenvalue weighted by molar-refractivity contribution is 14.1. The molecule has 0 bridgehead atoms. The van der Waals surface area contributed by atoms with E-state index in [1.807, 2.05) is 35.0 Å². The summed E-state index contributed by atoms with van der Waals surface area (Å²) in [6.45, 7) is 2.34. The molecule has 146 valence electrons. The van der Waals surface area contributed by atoms with Gasteiger partial charge in [-0.3, -0.25) is 9.47 Å². The van der Waals surface area contributed by atoms with Gasteiger partial charge in [-0.2, -0.15) is 0 Å². The smallest absolute Gasteiger partial charge is 0.189 e. The molecule has 0 aliphatic carbocycles. The Morgan fingerprint density at radius 1 is 1.21 bits per heavy atom. The summed E-state index contributed by atoms with van der Waals surface area (Å²) in [7, 11) is 0. The van der Waals surface area contributed by atoms with Crippen LogP contribution in [0.3, 0.4) is 0 Å². The summed E-state index contributed by atoms with van der Waals surface area (Å²) in [5.74, 6) is 0.809. The molecular weight excluding hydrogens is 489 g/mol. The van der Waals surface area contributed by atoms with Crippen LogP contribution in [0, 0.1) is 3.57 Å². The number of nitrogens with one attached hydrogen (secondary N) is 2. The van der Waals surface area contributed by atoms with Crippen molar-refractivity contribution in [1.82, 2.24) is 9.99 Å². The zero-order chi connectivity index (χ0) is 19.5. The minimum absolute atomic E-state index is 0.0433. The molecule has 2 aromatic carbocycles. The fourth-order valence-corrected chi connectivity index (χ4v) is 4.66. The van der Waals surface area contributed by atoms with Gasteiger partial charge in [-0.05, 0) is 59.8 Å². The molecular formula is C21H21ClIN3O2. The molecule has 0 spiro atoms. The van der Waals surface area contributed by atoms with Crippen LogP contribution in [0.5, 0.6) is 5.75 Å². The number of fused-ring (bicyclic) bond motifs is 2. The lowest BCUT2D eigenvalue weighted by Gasteiger charge is -2.28. The molecule has 1 aliphatic rings. The van der Waals surface area contributed by atoms with Gasteiger partial charge >= 0.3 is 0 Å². The Hall–Kier alpha value is -1.77. The van der Waals surface area contributed by atoms with Crippen LogP contribution in [0.15, 0.2) is 53.5 Å². The van der Waals surface area contributed by atoms with E-state index in [1.54, 1.807) is 12.3 Å². The number of ether oxygens (including phenoxy) is 1. The highest BCUT2D eigenvalue weighted by Gasteiger charge is 2.23. The molecule has 1 aliphatic heterocycles. The van der Waals surface area contributed by atoms with Crippen LogP contribution in [0.25, 0.3) is 10.9 Å². The minimum atomic E-state index is 0.0433. The zero-order valence-electron chi connectivity index (χ0n) is 15.3. The van der Waals surface area contributed by atoms with Crippen molar-refractivity contribution in [3.8, 4) is 5.75 Å². The van der Waals surface area contributed by atoms with Gasteiger partial charge in [-0.25, -0.2) is 0 Å². The molecule has 2 heterocycles. The molecule has 0 saturated heterocycles. The van der Waals surface area contributed by atoms with Crippen LogP contribution in [-0.4, -0.2) is 24.4 Å². The molecule has 5 nitrogen and oxygen atoms in total. The lowest BCUT2D eigenvalue weighted by molar-refractivity contribution is 0.253. The zero-order valence-corrected chi connectivity index (χ0v) is 18.2. The number of halogens is 2. The standard InChI is InChI=1S/C21H21ClIN3O2/c22-17-13-14(23)12-16-18(7-11-28-21(16)17)24-8-3-9-25-26-10-6-20(27)15-4-1-2-5-19(15)26/h1-2,4-6,10,12-13,18,24-25H,3,7-9,11H2. The first-order valence-electron chi connectivity index (χ1n) is 9.33. The molecule has 28 heavy (non-hydrogen) atoms. The summed E-state index contributed by atoms with van der Waals surface area (Å²) in [6, 6.07) is 13.6. The first kappa shape index (κ1) is 19.5. The summed E-state index contributed by atoms with van der Waals surface area (Å²) in [5, 5.41) is 5.03. The molecule has 2 N–H and O–H groups in total. The fraction of sp³-hybridized carbons (Fsp3) is 0.286. The molecule has 1 aromatic heterocycles. The topological polar surface area (TPSA) is 55.3 Å². The second-order valence-corrected chi connectivity index (χ2v) is 8.43. The molecule has 1 unspecified atom stereocenters. The molecule has 3 aromatic rings. The van der Waals surface area contributed by atoms with Crippen molar-refractivity contribution in [2.45, 2.75) is 18.9 Å². The normalized spacial score (nSPS) is 15.9. The van der Waals surface area contributed by atoms with Crippen LogP contribution in [-0.2, 0) is 0 Å². The number of para-hydroxylation sites is 1. The third-order valence-electron chi connectivity index (χ3n) is 4.90. The van der Waals surface area contributed by atoms with E-state index in [9.17, 15) is 4.79 Å². The summed E-state index contributed by atoms with van der Waals surface area (Å²) in [5.41, 5.74) is 5.46. The highest BCUT2D eigenvalue weighted by Crippen LogP contribution is 2.39. The van der Waals surface area contributed by atoms with Crippen molar-refractivity contribution in [2.24, 2.45) is 0 Å². The highest BCUT2D eigenvalue weighted by atomic mass is 127. The monoisotopic (exact) mass is 509 g/mol. The molecule has 1 atom stereocenters. The van der Waals surface area contributed by atoms with E-state index in [4.69, 9.17) is 16.3 Å². The van der Waals surface area contributed by atoms with Crippen LogP contribution in [0.1, 0.15) is 24.4 Å². The van der Waals surface area contributed by atoms with Gasteiger partial charge in [0.1, 0.15) is 5.75 Å². The van der Waals surface area contributed by atoms with E-state index in [2.05, 4.69) is 39.4 Å². The van der Waals surface area contributed by atoms with E-state index >= 15 is 0 Å². The number of nitrogens with zero attached hydrogens (tertiary/aromatic N) is 1. The van der Waals surface area contributed by atoms with E-state index in [1.165, 1.54) is 0 Å². The van der Waals surface area contributed by atoms with Crippen LogP contribution >= 0.6 is 34.2 Å². The number of pyridine rings is 1. The Labute approximate surface area is 182 Å². The summed E-state index contributed by atoms with van der Waals surface area (Å²) < 4.78 is 8.79. The number of hydrogen-bond donors (Lipinski definition) is 2. The Morgan fingerprint density at radius 3 is 2.96 bits per heavy atom. The third-order valence-corrected chi connectivity index (χ3v) is 5.80. The van der Waals surface area contributed by atoms with E-state index in [0.717, 1.165) is 51.7 Å². The predicted molar refractivity (Wildman–Crippen MR) is 122 cm³/mol. The van der Waals surface area contributed by atoms with Crippen molar-refractivity contribution < 1.29 is 4.74 Å². The van der Waals surface area contributed by atoms with Crippen molar-refractivity contribution in [2.75, 3.05) is 25.1 Å². The van der Waals surface area contributed by atoms with Crippen molar-refractivity contribution in [3.63, 3.8) is 0 Å². The SMILES string of the molecule is O=c1ccn(NCCCNC2CCOc3c(Cl)cc(I)cc32)c2ccccc12. The van der Waals surface area contributed by atoms with Gasteiger partial charge in [0, 0.05) is 45.8 Å². The van der Waals surface area contributed by atoms with Gasteiger partial charge in [-0.15, -0.1) is 0 Å². The molecule has 0 radical (unpaired) electrons. The molecule has 7 heteroatoms. The maximum Gasteiger partial charge on any atom is 0.189 e. The van der Waals surface area contributed by atoms with Crippen LogP contribution in [0.4, 0.5) is 0 Å². The second kappa shape index (κ2) is 8.71. The fourth-order valence-electron chi connectivity index (χ4n) is 3.54. The Kier molecular flexibility index (Phi) is 6.08. The number of aromatic nitrogens is 1. The number of rotatable bonds is 6. The quantitative estimate of drug-likeness (QED) is 0.384. The largest absolute Gasteiger partial charge is 0.492 e. The lowest BCUT2D eigenvalue weighted by atomic mass is 10.0. The van der Waals surface area contributed by atoms with E-state index < -0.39 is 0 Å². The third kappa shape index (κ3) is 4.14. The maximum atomic E-state index is 12.0. The van der Waals surface area contributed by atoms with Gasteiger partial charge in [0.15, 0.2) is 5.43 Å². The lowest BCUT2D eigenvalue weighted by Crippen LogP contribution is -2.29. The van der Waals surface area contributed by atoms with Crippen LogP contribution < -0.4 is 20.9 Å². The van der Waals surface area contributed by atoms with Gasteiger partial charge in [0.05, 0.1) is 17.1 Å². The average molecular weight is 510 g/mol. The van der Waals surface area contributed by atoms with Gasteiger partial charge in [0.25, 0.3) is 0 Å². The van der Waals surface area contributed by atoms with Gasteiger partial charge in [0.2, 0.25) is 0 Å². The maximum absolute atomic E-state index is 12.0. The first-order chi connectivity index (χ1) is 13.6. The number of benzene rings is 2. The molecule has 4 rings (SSSR count). The minimum Gasteiger partial charge on any atom is -0.492 e. The average Bonchev–Trinajstić information content (AvgIpc) is 2.70. The van der Waals surface area contributed by atoms with Crippen molar-refractivity contribution in [3.05, 3.63) is 73.0 Å². The van der Waals surface area contributed by atoms with Crippen molar-refractivity contribution >= 4 is 45.1 Å². The molecule has 0 saturated carbocycles. The van der Waals surface area contributed by atoms with E-state index in [-0.39, 0.29) is 11.5 Å². The summed E-state index contributed by atoms with van der Waals surface area (Å²) in [6.07, 6.45) is 3.67. The number of hydrogen-bond acceptors (Lipinski definition) is 4. The first-order valence-corrected chi connectivity index (χ1v) is 10.8. The Balaban J connectivity index is 1.35. The van der Waals surface area contributed by atoms with Crippen LogP contribution in [0.2, 0.25) is 5.02 Å². The van der Waals surface area contributed by atoms with Gasteiger partial charge in [-0.1, -0.05) is 23.7 Å². The Bertz CT molecular complexity index is 1050. The second-order valence-electron chi connectivity index (χ2n) is 6.78. The van der Waals surface area contributed by atoms with Crippen molar-refractivity contribution in [1.29, 1.82) is 0 Å². The van der Waals surface area contributed by atoms with E-state index in [0.29, 0.717) is 11.6 Å².